The molecule has 0 bridgehead atoms. The van der Waals surface area contributed by atoms with E-state index >= 15 is 0 Å². The quantitative estimate of drug-likeness (QED) is 0.506. The summed E-state index contributed by atoms with van der Waals surface area (Å²) >= 11 is 0. The predicted octanol–water partition coefficient (Wildman–Crippen LogP) is 2.46. The molecule has 0 spiro atoms. The molecule has 1 aromatic carbocycles. The molecule has 0 atom stereocenters. The molecule has 0 saturated carbocycles. The molecular formula is C21H34N2O5S. The van der Waals surface area contributed by atoms with Crippen LogP contribution in [0.25, 0.3) is 0 Å². The highest BCUT2D eigenvalue weighted by Crippen LogP contribution is 2.29. The van der Waals surface area contributed by atoms with Crippen LogP contribution in [0.5, 0.6) is 11.5 Å². The Hall–Kier alpha value is -1.80. The second-order valence-electron chi connectivity index (χ2n) is 7.54. The minimum absolute atomic E-state index is 0.0411. The van der Waals surface area contributed by atoms with Gasteiger partial charge in [0.2, 0.25) is 0 Å². The predicted molar refractivity (Wildman–Crippen MR) is 115 cm³/mol. The number of hydrogen-bond donors (Lipinski definition) is 0. The summed E-state index contributed by atoms with van der Waals surface area (Å²) in [5, 5.41) is 0. The molecule has 0 aliphatic carbocycles. The summed E-state index contributed by atoms with van der Waals surface area (Å²) in [5.41, 5.74) is 0.574. The van der Waals surface area contributed by atoms with E-state index in [0.29, 0.717) is 56.4 Å². The van der Waals surface area contributed by atoms with Crippen LogP contribution in [0, 0.1) is 0 Å². The zero-order valence-corrected chi connectivity index (χ0v) is 18.7. The molecule has 1 amide bonds. The van der Waals surface area contributed by atoms with E-state index in [0.717, 1.165) is 12.8 Å². The van der Waals surface area contributed by atoms with E-state index in [9.17, 15) is 13.2 Å². The SMILES string of the molecule is CCCCCCOc1ccc(C(=O)N2CCN(CCS(C)(=O)=O)CC2)cc1OC. The lowest BCUT2D eigenvalue weighted by Gasteiger charge is -2.34. The maximum atomic E-state index is 12.9. The molecule has 1 aliphatic heterocycles. The molecule has 0 aromatic heterocycles. The standard InChI is InChI=1S/C21H34N2O5S/c1-4-5-6-7-15-28-19-9-8-18(17-20(19)27-2)21(24)23-12-10-22(11-13-23)14-16-29(3,25)26/h8-9,17H,4-7,10-16H2,1-3H3. The lowest BCUT2D eigenvalue weighted by molar-refractivity contribution is 0.0643. The molecule has 8 heteroatoms. The van der Waals surface area contributed by atoms with Gasteiger partial charge in [-0.15, -0.1) is 0 Å². The smallest absolute Gasteiger partial charge is 0.254 e. The minimum atomic E-state index is -2.97. The summed E-state index contributed by atoms with van der Waals surface area (Å²) in [5.74, 6) is 1.34. The first-order valence-electron chi connectivity index (χ1n) is 10.3. The van der Waals surface area contributed by atoms with Gasteiger partial charge in [-0.05, 0) is 24.6 Å². The van der Waals surface area contributed by atoms with Crippen LogP contribution >= 0.6 is 0 Å². The fourth-order valence-corrected chi connectivity index (χ4v) is 3.87. The number of piperazine rings is 1. The molecule has 1 fully saturated rings. The number of methoxy groups -OCH3 is 1. The maximum Gasteiger partial charge on any atom is 0.254 e. The summed E-state index contributed by atoms with van der Waals surface area (Å²) < 4.78 is 33.9. The molecule has 1 heterocycles. The Morgan fingerprint density at radius 2 is 1.79 bits per heavy atom. The van der Waals surface area contributed by atoms with Crippen LogP contribution in [0.4, 0.5) is 0 Å². The number of carbonyl (C=O) groups excluding carboxylic acids is 1. The molecule has 2 rings (SSSR count). The second-order valence-corrected chi connectivity index (χ2v) is 9.80. The Labute approximate surface area is 174 Å². The molecular weight excluding hydrogens is 392 g/mol. The van der Waals surface area contributed by atoms with Gasteiger partial charge < -0.3 is 14.4 Å². The molecule has 0 unspecified atom stereocenters. The molecule has 0 N–H and O–H groups in total. The first kappa shape index (κ1) is 23.5. The fourth-order valence-electron chi connectivity index (χ4n) is 3.28. The van der Waals surface area contributed by atoms with Gasteiger partial charge in [0.1, 0.15) is 9.84 Å². The lowest BCUT2D eigenvalue weighted by atomic mass is 10.1. The number of hydrogen-bond acceptors (Lipinski definition) is 6. The van der Waals surface area contributed by atoms with Crippen LogP contribution in [-0.2, 0) is 9.84 Å². The van der Waals surface area contributed by atoms with Gasteiger partial charge in [0, 0.05) is 44.5 Å². The van der Waals surface area contributed by atoms with Crippen LogP contribution < -0.4 is 9.47 Å². The largest absolute Gasteiger partial charge is 0.493 e. The van der Waals surface area contributed by atoms with Crippen LogP contribution in [0.1, 0.15) is 43.0 Å². The average Bonchev–Trinajstić information content (AvgIpc) is 2.71. The van der Waals surface area contributed by atoms with Crippen molar-refractivity contribution in [1.82, 2.24) is 9.80 Å². The van der Waals surface area contributed by atoms with Gasteiger partial charge in [-0.2, -0.15) is 0 Å². The van der Waals surface area contributed by atoms with Gasteiger partial charge in [-0.1, -0.05) is 26.2 Å². The monoisotopic (exact) mass is 426 g/mol. The maximum absolute atomic E-state index is 12.9. The Morgan fingerprint density at radius 3 is 2.41 bits per heavy atom. The van der Waals surface area contributed by atoms with Gasteiger partial charge in [0.05, 0.1) is 19.5 Å². The second kappa shape index (κ2) is 11.4. The first-order chi connectivity index (χ1) is 13.8. The van der Waals surface area contributed by atoms with Gasteiger partial charge in [0.15, 0.2) is 11.5 Å². The van der Waals surface area contributed by atoms with Crippen LogP contribution in [0.15, 0.2) is 18.2 Å². The highest BCUT2D eigenvalue weighted by Gasteiger charge is 2.23. The van der Waals surface area contributed by atoms with E-state index in [1.165, 1.54) is 19.1 Å². The third-order valence-electron chi connectivity index (χ3n) is 5.10. The van der Waals surface area contributed by atoms with Crippen molar-refractivity contribution in [1.29, 1.82) is 0 Å². The van der Waals surface area contributed by atoms with Crippen molar-refractivity contribution in [3.63, 3.8) is 0 Å². The molecule has 7 nitrogen and oxygen atoms in total. The summed E-state index contributed by atoms with van der Waals surface area (Å²) in [6, 6.07) is 5.32. The molecule has 1 aromatic rings. The normalized spacial score (nSPS) is 15.3. The fraction of sp³-hybridized carbons (Fsp3) is 0.667. The van der Waals surface area contributed by atoms with Gasteiger partial charge in [-0.25, -0.2) is 8.42 Å². The van der Waals surface area contributed by atoms with E-state index in [2.05, 4.69) is 11.8 Å². The number of benzene rings is 1. The van der Waals surface area contributed by atoms with Crippen molar-refractivity contribution < 1.29 is 22.7 Å². The van der Waals surface area contributed by atoms with Crippen molar-refractivity contribution >= 4 is 15.7 Å². The van der Waals surface area contributed by atoms with E-state index in [-0.39, 0.29) is 11.7 Å². The number of amides is 1. The topological polar surface area (TPSA) is 76.2 Å². The van der Waals surface area contributed by atoms with Crippen LogP contribution in [0.2, 0.25) is 0 Å². The number of carbonyl (C=O) groups is 1. The van der Waals surface area contributed by atoms with Crippen molar-refractivity contribution in [2.45, 2.75) is 32.6 Å². The minimum Gasteiger partial charge on any atom is -0.493 e. The highest BCUT2D eigenvalue weighted by molar-refractivity contribution is 7.90. The number of nitrogens with zero attached hydrogens (tertiary/aromatic N) is 2. The van der Waals surface area contributed by atoms with Crippen molar-refractivity contribution in [2.75, 3.05) is 58.4 Å². The first-order valence-corrected chi connectivity index (χ1v) is 12.4. The third-order valence-corrected chi connectivity index (χ3v) is 6.03. The Kier molecular flexibility index (Phi) is 9.23. The molecule has 29 heavy (non-hydrogen) atoms. The van der Waals surface area contributed by atoms with Gasteiger partial charge >= 0.3 is 0 Å². The zero-order valence-electron chi connectivity index (χ0n) is 17.9. The Balaban J connectivity index is 1.89. The van der Waals surface area contributed by atoms with Crippen LogP contribution in [-0.4, -0.2) is 82.6 Å². The van der Waals surface area contributed by atoms with E-state index in [1.807, 2.05) is 0 Å². The van der Waals surface area contributed by atoms with Gasteiger partial charge in [-0.3, -0.25) is 9.69 Å². The van der Waals surface area contributed by atoms with Crippen molar-refractivity contribution in [3.05, 3.63) is 23.8 Å². The number of ether oxygens (including phenoxy) is 2. The third kappa shape index (κ3) is 7.85. The summed E-state index contributed by atoms with van der Waals surface area (Å²) in [6.07, 6.45) is 5.78. The Morgan fingerprint density at radius 1 is 1.07 bits per heavy atom. The molecule has 164 valence electrons. The van der Waals surface area contributed by atoms with E-state index in [1.54, 1.807) is 30.2 Å². The average molecular weight is 427 g/mol. The molecule has 1 saturated heterocycles. The number of unbranched alkanes of at least 4 members (excludes halogenated alkanes) is 3. The van der Waals surface area contributed by atoms with E-state index in [4.69, 9.17) is 9.47 Å². The zero-order chi connectivity index (χ0) is 21.3. The van der Waals surface area contributed by atoms with Crippen molar-refractivity contribution in [3.8, 4) is 11.5 Å². The highest BCUT2D eigenvalue weighted by atomic mass is 32.2. The summed E-state index contributed by atoms with van der Waals surface area (Å²) in [4.78, 5) is 16.7. The number of rotatable bonds is 11. The summed E-state index contributed by atoms with van der Waals surface area (Å²) in [7, 11) is -1.39. The van der Waals surface area contributed by atoms with E-state index < -0.39 is 9.84 Å². The van der Waals surface area contributed by atoms with Crippen LogP contribution in [0.3, 0.4) is 0 Å². The Bertz CT molecular complexity index is 758. The van der Waals surface area contributed by atoms with Crippen molar-refractivity contribution in [2.24, 2.45) is 0 Å². The number of sulfone groups is 1. The molecule has 1 aliphatic rings. The molecule has 0 radical (unpaired) electrons. The van der Waals surface area contributed by atoms with Gasteiger partial charge in [0.25, 0.3) is 5.91 Å². The lowest BCUT2D eigenvalue weighted by Crippen LogP contribution is -2.49. The summed E-state index contributed by atoms with van der Waals surface area (Å²) in [6.45, 7) is 5.85.